The lowest BCUT2D eigenvalue weighted by Crippen LogP contribution is -2.49. The summed E-state index contributed by atoms with van der Waals surface area (Å²) >= 11 is 6.84. The summed E-state index contributed by atoms with van der Waals surface area (Å²) in [6, 6.07) is 12.3. The summed E-state index contributed by atoms with van der Waals surface area (Å²) in [4.78, 5) is 40.7. The number of anilines is 2. The zero-order valence-electron chi connectivity index (χ0n) is 20.4. The summed E-state index contributed by atoms with van der Waals surface area (Å²) in [5.41, 5.74) is 11.4. The first-order chi connectivity index (χ1) is 16.9. The van der Waals surface area contributed by atoms with E-state index in [0.29, 0.717) is 28.6 Å². The van der Waals surface area contributed by atoms with Crippen molar-refractivity contribution in [2.24, 2.45) is 5.73 Å². The molecule has 0 fully saturated rings. The topological polar surface area (TPSA) is 141 Å². The third kappa shape index (κ3) is 6.13. The Morgan fingerprint density at radius 1 is 1.11 bits per heavy atom. The number of hydrogen-bond acceptors (Lipinski definition) is 7. The highest BCUT2D eigenvalue weighted by Gasteiger charge is 2.37. The number of carbonyl (C=O) groups excluding carboxylic acids is 3. The Balaban J connectivity index is 2.21. The van der Waals surface area contributed by atoms with Gasteiger partial charge in [0.15, 0.2) is 5.69 Å². The van der Waals surface area contributed by atoms with Crippen molar-refractivity contribution in [2.45, 2.75) is 39.3 Å². The number of nitrogens with one attached hydrogen (secondary N) is 1. The quantitative estimate of drug-likeness (QED) is 0.400. The van der Waals surface area contributed by atoms with Crippen LogP contribution in [0.3, 0.4) is 0 Å². The SMILES string of the molecule is CCOc1ccc(N(C(=O)c2snc(C(N)=O)c2N)C(C(=O)NC(C)(C)C)c2ccc(Cl)cc2)cc1. The molecule has 0 saturated carbocycles. The van der Waals surface area contributed by atoms with Crippen molar-refractivity contribution in [2.75, 3.05) is 17.2 Å². The molecular weight excluding hydrogens is 502 g/mol. The lowest BCUT2D eigenvalue weighted by Gasteiger charge is -2.33. The smallest absolute Gasteiger partial charge is 0.273 e. The number of halogens is 1. The van der Waals surface area contributed by atoms with Crippen molar-refractivity contribution in [3.05, 3.63) is 69.7 Å². The predicted octanol–water partition coefficient (Wildman–Crippen LogP) is 4.18. The van der Waals surface area contributed by atoms with Gasteiger partial charge >= 0.3 is 0 Å². The number of amides is 3. The molecule has 1 unspecified atom stereocenters. The first kappa shape index (κ1) is 27.0. The van der Waals surface area contributed by atoms with E-state index in [-0.39, 0.29) is 16.3 Å². The van der Waals surface area contributed by atoms with Crippen LogP contribution >= 0.6 is 23.1 Å². The highest BCUT2D eigenvalue weighted by molar-refractivity contribution is 7.09. The second-order valence-electron chi connectivity index (χ2n) is 8.93. The maximum absolute atomic E-state index is 14.0. The van der Waals surface area contributed by atoms with Crippen LogP contribution in [0, 0.1) is 0 Å². The third-order valence-electron chi connectivity index (χ3n) is 4.99. The van der Waals surface area contributed by atoms with Gasteiger partial charge in [-0.2, -0.15) is 4.37 Å². The molecule has 9 nitrogen and oxygen atoms in total. The summed E-state index contributed by atoms with van der Waals surface area (Å²) in [5.74, 6) is -1.30. The molecule has 1 aromatic heterocycles. The summed E-state index contributed by atoms with van der Waals surface area (Å²) in [6.45, 7) is 7.85. The van der Waals surface area contributed by atoms with E-state index in [4.69, 9.17) is 27.8 Å². The second-order valence-corrected chi connectivity index (χ2v) is 10.1. The van der Waals surface area contributed by atoms with Gasteiger partial charge in [-0.15, -0.1) is 0 Å². The van der Waals surface area contributed by atoms with Gasteiger partial charge in [0.1, 0.15) is 16.7 Å². The van der Waals surface area contributed by atoms with Crippen LogP contribution in [0.5, 0.6) is 5.75 Å². The number of carbonyl (C=O) groups is 3. The van der Waals surface area contributed by atoms with Gasteiger partial charge < -0.3 is 21.5 Å². The van der Waals surface area contributed by atoms with E-state index in [1.165, 1.54) is 4.90 Å². The third-order valence-corrected chi connectivity index (χ3v) is 6.09. The monoisotopic (exact) mass is 529 g/mol. The van der Waals surface area contributed by atoms with E-state index in [1.807, 2.05) is 27.7 Å². The molecule has 3 aromatic rings. The molecule has 0 aliphatic carbocycles. The fourth-order valence-electron chi connectivity index (χ4n) is 3.49. The summed E-state index contributed by atoms with van der Waals surface area (Å²) < 4.78 is 9.48. The minimum absolute atomic E-state index is 0.0137. The Morgan fingerprint density at radius 3 is 2.22 bits per heavy atom. The van der Waals surface area contributed by atoms with E-state index in [0.717, 1.165) is 11.5 Å². The molecule has 5 N–H and O–H groups in total. The zero-order chi connectivity index (χ0) is 26.6. The van der Waals surface area contributed by atoms with E-state index < -0.39 is 29.3 Å². The average molecular weight is 530 g/mol. The molecule has 0 aliphatic heterocycles. The number of rotatable bonds is 8. The van der Waals surface area contributed by atoms with Crippen LogP contribution in [0.2, 0.25) is 5.02 Å². The minimum atomic E-state index is -1.11. The molecular formula is C25H28ClN5O4S. The van der Waals surface area contributed by atoms with Crippen molar-refractivity contribution in [1.82, 2.24) is 9.69 Å². The molecule has 0 bridgehead atoms. The molecule has 1 heterocycles. The minimum Gasteiger partial charge on any atom is -0.494 e. The van der Waals surface area contributed by atoms with Crippen LogP contribution in [0.1, 0.15) is 59.5 Å². The van der Waals surface area contributed by atoms with Crippen molar-refractivity contribution in [3.63, 3.8) is 0 Å². The molecule has 3 amide bonds. The van der Waals surface area contributed by atoms with Crippen LogP contribution in [-0.4, -0.2) is 34.2 Å². The Bertz CT molecular complexity index is 1250. The van der Waals surface area contributed by atoms with Crippen LogP contribution in [-0.2, 0) is 4.79 Å². The lowest BCUT2D eigenvalue weighted by molar-refractivity contribution is -0.123. The predicted molar refractivity (Wildman–Crippen MR) is 142 cm³/mol. The molecule has 2 aromatic carbocycles. The van der Waals surface area contributed by atoms with Gasteiger partial charge in [-0.05, 0) is 81.2 Å². The molecule has 0 saturated heterocycles. The number of benzene rings is 2. The average Bonchev–Trinajstić information content (AvgIpc) is 3.19. The number of hydrogen-bond donors (Lipinski definition) is 3. The Morgan fingerprint density at radius 2 is 1.72 bits per heavy atom. The lowest BCUT2D eigenvalue weighted by atomic mass is 10.0. The number of aromatic nitrogens is 1. The number of ether oxygens (including phenoxy) is 1. The maximum Gasteiger partial charge on any atom is 0.273 e. The summed E-state index contributed by atoms with van der Waals surface area (Å²) in [6.07, 6.45) is 0. The highest BCUT2D eigenvalue weighted by Crippen LogP contribution is 2.34. The fraction of sp³-hybridized carbons (Fsp3) is 0.280. The van der Waals surface area contributed by atoms with Crippen molar-refractivity contribution >= 4 is 52.2 Å². The van der Waals surface area contributed by atoms with Crippen molar-refractivity contribution < 1.29 is 19.1 Å². The van der Waals surface area contributed by atoms with Gasteiger partial charge in [0.25, 0.3) is 11.8 Å². The zero-order valence-corrected chi connectivity index (χ0v) is 21.9. The van der Waals surface area contributed by atoms with Crippen LogP contribution < -0.4 is 26.4 Å². The Hall–Kier alpha value is -3.63. The van der Waals surface area contributed by atoms with E-state index in [9.17, 15) is 14.4 Å². The van der Waals surface area contributed by atoms with E-state index in [1.54, 1.807) is 48.5 Å². The van der Waals surface area contributed by atoms with Gasteiger partial charge in [-0.25, -0.2) is 0 Å². The standard InChI is InChI=1S/C25H28ClN5O4S/c1-5-35-17-12-10-16(11-13-17)31(24(34)21-18(27)19(22(28)32)30-36-21)20(23(33)29-25(2,3)4)14-6-8-15(26)9-7-14/h6-13,20H,5,27H2,1-4H3,(H2,28,32)(H,29,33). The normalized spacial score (nSPS) is 12.0. The van der Waals surface area contributed by atoms with Crippen molar-refractivity contribution in [1.29, 1.82) is 0 Å². The van der Waals surface area contributed by atoms with Crippen LogP contribution in [0.15, 0.2) is 48.5 Å². The Labute approximate surface area is 218 Å². The fourth-order valence-corrected chi connectivity index (χ4v) is 4.36. The number of primary amides is 1. The van der Waals surface area contributed by atoms with Crippen LogP contribution in [0.4, 0.5) is 11.4 Å². The first-order valence-electron chi connectivity index (χ1n) is 11.1. The van der Waals surface area contributed by atoms with Gasteiger partial charge in [-0.3, -0.25) is 19.3 Å². The van der Waals surface area contributed by atoms with Gasteiger partial charge in [-0.1, -0.05) is 23.7 Å². The van der Waals surface area contributed by atoms with E-state index >= 15 is 0 Å². The number of nitrogens with two attached hydrogens (primary N) is 2. The van der Waals surface area contributed by atoms with Gasteiger partial charge in [0.05, 0.1) is 12.3 Å². The molecule has 0 radical (unpaired) electrons. The van der Waals surface area contributed by atoms with Crippen molar-refractivity contribution in [3.8, 4) is 5.75 Å². The van der Waals surface area contributed by atoms with Crippen LogP contribution in [0.25, 0.3) is 0 Å². The highest BCUT2D eigenvalue weighted by atomic mass is 35.5. The van der Waals surface area contributed by atoms with Gasteiger partial charge in [0, 0.05) is 16.2 Å². The molecule has 0 aliphatic rings. The molecule has 36 heavy (non-hydrogen) atoms. The largest absolute Gasteiger partial charge is 0.494 e. The van der Waals surface area contributed by atoms with Gasteiger partial charge in [0.2, 0.25) is 5.91 Å². The number of nitrogens with zero attached hydrogens (tertiary/aromatic N) is 2. The molecule has 190 valence electrons. The molecule has 1 atom stereocenters. The molecule has 3 rings (SSSR count). The second kappa shape index (κ2) is 11.0. The number of nitrogen functional groups attached to an aromatic ring is 1. The summed E-state index contributed by atoms with van der Waals surface area (Å²) in [5, 5.41) is 3.43. The maximum atomic E-state index is 14.0. The Kier molecular flexibility index (Phi) is 8.21. The molecule has 0 spiro atoms. The summed E-state index contributed by atoms with van der Waals surface area (Å²) in [7, 11) is 0. The molecule has 11 heteroatoms. The van der Waals surface area contributed by atoms with E-state index in [2.05, 4.69) is 9.69 Å². The first-order valence-corrected chi connectivity index (χ1v) is 12.3.